The Morgan fingerprint density at radius 3 is 2.34 bits per heavy atom. The maximum Gasteiger partial charge on any atom is 0.339 e. The standard InChI is InChI=1S/C31H24N4O8S/c1-19-7-3-6-10-26(19)32-31(37)25-17-20-8-4-5-9-24(20)29(30(25)36)34-33-27-18-23(15-16-28(27)42-2)44(40,41)43-22-13-11-21(12-14-22)35(38)39/h3-18,33H,1-2H3,(H,32,37)/b34-29-. The van der Waals surface area contributed by atoms with E-state index in [1.54, 1.807) is 36.4 Å². The molecule has 0 unspecified atom stereocenters. The van der Waals surface area contributed by atoms with Crippen molar-refractivity contribution in [2.75, 3.05) is 17.9 Å². The number of hydrogen-bond donors (Lipinski definition) is 2. The first-order valence-corrected chi connectivity index (χ1v) is 14.4. The highest BCUT2D eigenvalue weighted by molar-refractivity contribution is 7.87. The molecule has 0 atom stereocenters. The van der Waals surface area contributed by atoms with Crippen LogP contribution in [0.4, 0.5) is 17.1 Å². The van der Waals surface area contributed by atoms with Crippen molar-refractivity contribution in [2.24, 2.45) is 5.10 Å². The number of carbonyl (C=O) groups excluding carboxylic acids is 2. The van der Waals surface area contributed by atoms with Gasteiger partial charge in [-0.25, -0.2) is 0 Å². The molecule has 222 valence electrons. The number of para-hydroxylation sites is 1. The van der Waals surface area contributed by atoms with Crippen molar-refractivity contribution < 1.29 is 31.9 Å². The largest absolute Gasteiger partial charge is 0.495 e. The third kappa shape index (κ3) is 6.17. The van der Waals surface area contributed by atoms with Crippen LogP contribution in [0.25, 0.3) is 6.08 Å². The van der Waals surface area contributed by atoms with Gasteiger partial charge in [0.25, 0.3) is 11.6 Å². The van der Waals surface area contributed by atoms with E-state index < -0.39 is 26.7 Å². The summed E-state index contributed by atoms with van der Waals surface area (Å²) in [4.78, 5) is 36.8. The highest BCUT2D eigenvalue weighted by Crippen LogP contribution is 2.31. The van der Waals surface area contributed by atoms with Gasteiger partial charge >= 0.3 is 10.1 Å². The first-order valence-electron chi connectivity index (χ1n) is 13.0. The third-order valence-corrected chi connectivity index (χ3v) is 7.86. The minimum atomic E-state index is -4.39. The number of rotatable bonds is 9. The molecule has 44 heavy (non-hydrogen) atoms. The molecule has 13 heteroatoms. The number of nitro groups is 1. The van der Waals surface area contributed by atoms with Gasteiger partial charge in [-0.05, 0) is 60.5 Å². The lowest BCUT2D eigenvalue weighted by Gasteiger charge is -2.18. The molecular weight excluding hydrogens is 588 g/mol. The number of anilines is 2. The third-order valence-electron chi connectivity index (χ3n) is 6.61. The lowest BCUT2D eigenvalue weighted by molar-refractivity contribution is -0.384. The molecule has 1 aliphatic carbocycles. The first-order chi connectivity index (χ1) is 21.1. The molecule has 0 radical (unpaired) electrons. The minimum Gasteiger partial charge on any atom is -0.495 e. The minimum absolute atomic E-state index is 0.0736. The fourth-order valence-electron chi connectivity index (χ4n) is 4.34. The highest BCUT2D eigenvalue weighted by Gasteiger charge is 2.30. The number of ether oxygens (including phenoxy) is 1. The second kappa shape index (κ2) is 12.2. The van der Waals surface area contributed by atoms with E-state index in [1.807, 2.05) is 19.1 Å². The molecule has 0 aromatic heterocycles. The first kappa shape index (κ1) is 29.7. The number of nitrogens with one attached hydrogen (secondary N) is 2. The van der Waals surface area contributed by atoms with Gasteiger partial charge in [0.05, 0.1) is 23.3 Å². The Morgan fingerprint density at radius 1 is 0.932 bits per heavy atom. The molecular formula is C31H24N4O8S. The number of fused-ring (bicyclic) bond motifs is 1. The molecule has 2 N–H and O–H groups in total. The van der Waals surface area contributed by atoms with Gasteiger partial charge in [0, 0.05) is 23.4 Å². The summed E-state index contributed by atoms with van der Waals surface area (Å²) in [7, 11) is -3.02. The molecule has 1 amide bonds. The van der Waals surface area contributed by atoms with E-state index in [9.17, 15) is 28.1 Å². The Bertz CT molecular complexity index is 1970. The number of amides is 1. The molecule has 1 aliphatic rings. The Morgan fingerprint density at radius 2 is 1.64 bits per heavy atom. The predicted molar refractivity (Wildman–Crippen MR) is 163 cm³/mol. The lowest BCUT2D eigenvalue weighted by atomic mass is 9.89. The topological polar surface area (TPSA) is 166 Å². The van der Waals surface area contributed by atoms with Crippen LogP contribution in [-0.2, 0) is 19.7 Å². The highest BCUT2D eigenvalue weighted by atomic mass is 32.2. The number of Topliss-reactive ketones (excluding diaryl/α,β-unsaturated/α-hetero) is 1. The summed E-state index contributed by atoms with van der Waals surface area (Å²) in [5.41, 5.74) is 4.78. The van der Waals surface area contributed by atoms with Crippen LogP contribution in [0.5, 0.6) is 11.5 Å². The van der Waals surface area contributed by atoms with Gasteiger partial charge in [0.2, 0.25) is 5.78 Å². The van der Waals surface area contributed by atoms with Crippen LogP contribution in [0.2, 0.25) is 0 Å². The molecule has 12 nitrogen and oxygen atoms in total. The average molecular weight is 613 g/mol. The molecule has 0 saturated carbocycles. The summed E-state index contributed by atoms with van der Waals surface area (Å²) in [5.74, 6) is -1.19. The van der Waals surface area contributed by atoms with E-state index in [-0.39, 0.29) is 39.1 Å². The Kier molecular flexibility index (Phi) is 8.22. The number of carbonyl (C=O) groups is 2. The number of aryl methyl sites for hydroxylation is 1. The molecule has 0 saturated heterocycles. The number of hydrazone groups is 1. The fourth-order valence-corrected chi connectivity index (χ4v) is 5.29. The Hall–Kier alpha value is -5.82. The molecule has 4 aromatic carbocycles. The van der Waals surface area contributed by atoms with Gasteiger partial charge in [-0.2, -0.15) is 13.5 Å². The van der Waals surface area contributed by atoms with Crippen molar-refractivity contribution in [3.63, 3.8) is 0 Å². The van der Waals surface area contributed by atoms with Crippen LogP contribution in [0.1, 0.15) is 16.7 Å². The summed E-state index contributed by atoms with van der Waals surface area (Å²) in [6, 6.07) is 22.4. The van der Waals surface area contributed by atoms with Crippen molar-refractivity contribution in [1.82, 2.24) is 0 Å². The van der Waals surface area contributed by atoms with Gasteiger partial charge in [0.15, 0.2) is 0 Å². The second-order valence-corrected chi connectivity index (χ2v) is 11.0. The molecule has 0 heterocycles. The quantitative estimate of drug-likeness (QED) is 0.113. The number of nitrogens with zero attached hydrogens (tertiary/aromatic N) is 2. The average Bonchev–Trinajstić information content (AvgIpc) is 3.01. The van der Waals surface area contributed by atoms with E-state index >= 15 is 0 Å². The van der Waals surface area contributed by atoms with E-state index in [1.165, 1.54) is 31.4 Å². The second-order valence-electron chi connectivity index (χ2n) is 9.47. The summed E-state index contributed by atoms with van der Waals surface area (Å²) >= 11 is 0. The smallest absolute Gasteiger partial charge is 0.339 e. The zero-order valence-electron chi connectivity index (χ0n) is 23.3. The van der Waals surface area contributed by atoms with Gasteiger partial charge < -0.3 is 14.2 Å². The number of methoxy groups -OCH3 is 1. The zero-order chi connectivity index (χ0) is 31.4. The van der Waals surface area contributed by atoms with Crippen molar-refractivity contribution in [3.8, 4) is 11.5 Å². The number of non-ortho nitro benzene ring substituents is 1. The Balaban J connectivity index is 1.45. The predicted octanol–water partition coefficient (Wildman–Crippen LogP) is 5.10. The van der Waals surface area contributed by atoms with Crippen LogP contribution >= 0.6 is 0 Å². The summed E-state index contributed by atoms with van der Waals surface area (Å²) in [6.45, 7) is 1.83. The molecule has 0 bridgehead atoms. The van der Waals surface area contributed by atoms with E-state index in [0.29, 0.717) is 16.8 Å². The molecule has 0 aliphatic heterocycles. The number of nitro benzene ring substituents is 1. The van der Waals surface area contributed by atoms with Crippen LogP contribution in [0.15, 0.2) is 107 Å². The van der Waals surface area contributed by atoms with Crippen molar-refractivity contribution in [3.05, 3.63) is 123 Å². The van der Waals surface area contributed by atoms with Gasteiger partial charge in [0.1, 0.15) is 22.1 Å². The monoisotopic (exact) mass is 612 g/mol. The van der Waals surface area contributed by atoms with Crippen molar-refractivity contribution in [1.29, 1.82) is 0 Å². The molecule has 5 rings (SSSR count). The number of benzene rings is 4. The SMILES string of the molecule is COc1ccc(S(=O)(=O)Oc2ccc([N+](=O)[O-])cc2)cc1N/N=C1\C(=O)C(C(=O)Nc2ccccc2C)=Cc2ccccc21. The molecule has 4 aromatic rings. The number of ketones is 1. The maximum atomic E-state index is 13.6. The molecule has 0 spiro atoms. The summed E-state index contributed by atoms with van der Waals surface area (Å²) < 4.78 is 36.5. The van der Waals surface area contributed by atoms with Crippen molar-refractivity contribution >= 4 is 50.7 Å². The zero-order valence-corrected chi connectivity index (χ0v) is 24.1. The summed E-state index contributed by atoms with van der Waals surface area (Å²) in [5, 5.41) is 18.0. The maximum absolute atomic E-state index is 13.6. The Labute approximate surface area is 251 Å². The van der Waals surface area contributed by atoms with Gasteiger partial charge in [-0.15, -0.1) is 0 Å². The lowest BCUT2D eigenvalue weighted by Crippen LogP contribution is -2.30. The normalized spacial score (nSPS) is 13.5. The summed E-state index contributed by atoms with van der Waals surface area (Å²) in [6.07, 6.45) is 1.49. The van der Waals surface area contributed by atoms with E-state index in [2.05, 4.69) is 15.8 Å². The van der Waals surface area contributed by atoms with Crippen LogP contribution < -0.4 is 19.7 Å². The van der Waals surface area contributed by atoms with E-state index in [4.69, 9.17) is 8.92 Å². The van der Waals surface area contributed by atoms with Gasteiger partial charge in [-0.1, -0.05) is 42.5 Å². The van der Waals surface area contributed by atoms with Crippen LogP contribution in [0.3, 0.4) is 0 Å². The van der Waals surface area contributed by atoms with E-state index in [0.717, 1.165) is 29.8 Å². The van der Waals surface area contributed by atoms with Crippen molar-refractivity contribution in [2.45, 2.75) is 11.8 Å². The van der Waals surface area contributed by atoms with Gasteiger partial charge in [-0.3, -0.25) is 25.1 Å². The van der Waals surface area contributed by atoms with Crippen LogP contribution in [0, 0.1) is 17.0 Å². The molecule has 0 fully saturated rings. The van der Waals surface area contributed by atoms with Crippen LogP contribution in [-0.4, -0.2) is 37.9 Å². The fraction of sp³-hybridized carbons (Fsp3) is 0.0645. The number of hydrogen-bond acceptors (Lipinski definition) is 10.